The Labute approximate surface area is 145 Å². The van der Waals surface area contributed by atoms with Crippen LogP contribution in [0.4, 0.5) is 0 Å². The van der Waals surface area contributed by atoms with E-state index in [2.05, 4.69) is 10.9 Å². The van der Waals surface area contributed by atoms with E-state index in [0.29, 0.717) is 22.9 Å². The van der Waals surface area contributed by atoms with Crippen LogP contribution in [0.3, 0.4) is 0 Å². The summed E-state index contributed by atoms with van der Waals surface area (Å²) in [5.41, 5.74) is 5.98. The molecule has 2 aromatic carbocycles. The number of para-hydroxylation sites is 1. The number of ether oxygens (including phenoxy) is 1. The largest absolute Gasteiger partial charge is 0.493 e. The van der Waals surface area contributed by atoms with E-state index in [4.69, 9.17) is 16.3 Å². The molecule has 126 valence electrons. The van der Waals surface area contributed by atoms with Crippen LogP contribution in [0.5, 0.6) is 5.75 Å². The lowest BCUT2D eigenvalue weighted by atomic mass is 10.1. The van der Waals surface area contributed by atoms with Crippen molar-refractivity contribution in [3.05, 3.63) is 64.7 Å². The maximum Gasteiger partial charge on any atom is 0.273 e. The van der Waals surface area contributed by atoms with Crippen molar-refractivity contribution >= 4 is 23.4 Å². The van der Waals surface area contributed by atoms with Gasteiger partial charge >= 0.3 is 0 Å². The normalized spacial score (nSPS) is 10.1. The number of rotatable bonds is 6. The Morgan fingerprint density at radius 1 is 1.04 bits per heavy atom. The molecule has 0 atom stereocenters. The maximum atomic E-state index is 12.2. The standard InChI is InChI=1S/C18H19ClN2O3/c1-2-11-24-16-6-4-3-5-15(16)18(23)21-20-17(22)12-13-7-9-14(19)10-8-13/h3-10H,2,11-12H2,1H3,(H,20,22)(H,21,23). The van der Waals surface area contributed by atoms with Crippen LogP contribution in [0.2, 0.25) is 5.02 Å². The van der Waals surface area contributed by atoms with Gasteiger partial charge in [0, 0.05) is 5.02 Å². The molecule has 5 nitrogen and oxygen atoms in total. The lowest BCUT2D eigenvalue weighted by Gasteiger charge is -2.11. The molecule has 6 heteroatoms. The number of amides is 2. The Hall–Kier alpha value is -2.53. The van der Waals surface area contributed by atoms with E-state index in [1.54, 1.807) is 48.5 Å². The summed E-state index contributed by atoms with van der Waals surface area (Å²) < 4.78 is 5.54. The van der Waals surface area contributed by atoms with Gasteiger partial charge < -0.3 is 4.74 Å². The summed E-state index contributed by atoms with van der Waals surface area (Å²) in [6.07, 6.45) is 0.985. The molecular weight excluding hydrogens is 328 g/mol. The molecular formula is C18H19ClN2O3. The first kappa shape index (κ1) is 17.8. The topological polar surface area (TPSA) is 67.4 Å². The summed E-state index contributed by atoms with van der Waals surface area (Å²) in [5.74, 6) is -0.257. The number of carbonyl (C=O) groups excluding carboxylic acids is 2. The van der Waals surface area contributed by atoms with Crippen LogP contribution in [0, 0.1) is 0 Å². The molecule has 2 amide bonds. The number of carbonyl (C=O) groups is 2. The average Bonchev–Trinajstić information content (AvgIpc) is 2.60. The molecule has 0 aliphatic heterocycles. The number of hydrogen-bond acceptors (Lipinski definition) is 3. The fraction of sp³-hybridized carbons (Fsp3) is 0.222. The van der Waals surface area contributed by atoms with Gasteiger partial charge in [-0.3, -0.25) is 20.4 Å². The number of nitrogens with one attached hydrogen (secondary N) is 2. The van der Waals surface area contributed by atoms with Gasteiger partial charge in [-0.1, -0.05) is 42.8 Å². The molecule has 0 aliphatic rings. The monoisotopic (exact) mass is 346 g/mol. The third-order valence-electron chi connectivity index (χ3n) is 3.19. The van der Waals surface area contributed by atoms with Gasteiger partial charge in [0.15, 0.2) is 0 Å². The Morgan fingerprint density at radius 2 is 1.75 bits per heavy atom. The van der Waals surface area contributed by atoms with Gasteiger partial charge in [-0.15, -0.1) is 0 Å². The van der Waals surface area contributed by atoms with E-state index < -0.39 is 5.91 Å². The summed E-state index contributed by atoms with van der Waals surface area (Å²) in [6, 6.07) is 13.8. The molecule has 0 aliphatic carbocycles. The van der Waals surface area contributed by atoms with E-state index in [0.717, 1.165) is 12.0 Å². The minimum atomic E-state index is -0.425. The van der Waals surface area contributed by atoms with E-state index in [1.807, 2.05) is 6.92 Å². The first-order valence-electron chi connectivity index (χ1n) is 7.65. The summed E-state index contributed by atoms with van der Waals surface area (Å²) >= 11 is 5.80. The molecule has 0 saturated heterocycles. The van der Waals surface area contributed by atoms with Crippen molar-refractivity contribution in [2.75, 3.05) is 6.61 Å². The molecule has 2 rings (SSSR count). The van der Waals surface area contributed by atoms with Crippen molar-refractivity contribution in [3.8, 4) is 5.75 Å². The third kappa shape index (κ3) is 5.28. The van der Waals surface area contributed by atoms with E-state index in [1.165, 1.54) is 0 Å². The highest BCUT2D eigenvalue weighted by atomic mass is 35.5. The van der Waals surface area contributed by atoms with Gasteiger partial charge in [0.05, 0.1) is 18.6 Å². The summed E-state index contributed by atoms with van der Waals surface area (Å²) in [6.45, 7) is 2.51. The maximum absolute atomic E-state index is 12.2. The Balaban J connectivity index is 1.90. The van der Waals surface area contributed by atoms with Gasteiger partial charge in [0.2, 0.25) is 5.91 Å². The van der Waals surface area contributed by atoms with Crippen molar-refractivity contribution in [1.82, 2.24) is 10.9 Å². The van der Waals surface area contributed by atoms with Crippen molar-refractivity contribution < 1.29 is 14.3 Å². The van der Waals surface area contributed by atoms with Gasteiger partial charge in [0.1, 0.15) is 5.75 Å². The first-order valence-corrected chi connectivity index (χ1v) is 8.03. The highest BCUT2D eigenvalue weighted by Gasteiger charge is 2.13. The molecule has 0 radical (unpaired) electrons. The molecule has 0 bridgehead atoms. The number of benzene rings is 2. The second-order valence-electron chi connectivity index (χ2n) is 5.15. The Bertz CT molecular complexity index is 702. The molecule has 0 heterocycles. The lowest BCUT2D eigenvalue weighted by molar-refractivity contribution is -0.121. The highest BCUT2D eigenvalue weighted by molar-refractivity contribution is 6.30. The Morgan fingerprint density at radius 3 is 2.46 bits per heavy atom. The van der Waals surface area contributed by atoms with E-state index in [9.17, 15) is 9.59 Å². The summed E-state index contributed by atoms with van der Waals surface area (Å²) in [5, 5.41) is 0.608. The lowest BCUT2D eigenvalue weighted by Crippen LogP contribution is -2.42. The van der Waals surface area contributed by atoms with Gasteiger partial charge in [0.25, 0.3) is 5.91 Å². The molecule has 0 aromatic heterocycles. The molecule has 2 N–H and O–H groups in total. The Kier molecular flexibility index (Phi) is 6.63. The van der Waals surface area contributed by atoms with Crippen LogP contribution in [0.1, 0.15) is 29.3 Å². The third-order valence-corrected chi connectivity index (χ3v) is 3.44. The molecule has 0 fully saturated rings. The molecule has 0 saturated carbocycles. The summed E-state index contributed by atoms with van der Waals surface area (Å²) in [7, 11) is 0. The number of hydrazine groups is 1. The van der Waals surface area contributed by atoms with E-state index >= 15 is 0 Å². The van der Waals surface area contributed by atoms with Crippen LogP contribution < -0.4 is 15.6 Å². The molecule has 0 unspecified atom stereocenters. The zero-order chi connectivity index (χ0) is 17.4. The van der Waals surface area contributed by atoms with Gasteiger partial charge in [-0.25, -0.2) is 0 Å². The first-order chi connectivity index (χ1) is 11.6. The average molecular weight is 347 g/mol. The second kappa shape index (κ2) is 8.93. The molecule has 2 aromatic rings. The van der Waals surface area contributed by atoms with Crippen molar-refractivity contribution in [3.63, 3.8) is 0 Å². The summed E-state index contributed by atoms with van der Waals surface area (Å²) in [4.78, 5) is 24.1. The quantitative estimate of drug-likeness (QED) is 0.790. The van der Waals surface area contributed by atoms with Crippen molar-refractivity contribution in [2.24, 2.45) is 0 Å². The second-order valence-corrected chi connectivity index (χ2v) is 5.59. The van der Waals surface area contributed by atoms with E-state index in [-0.39, 0.29) is 12.3 Å². The fourth-order valence-electron chi connectivity index (χ4n) is 2.02. The zero-order valence-electron chi connectivity index (χ0n) is 13.3. The van der Waals surface area contributed by atoms with Crippen molar-refractivity contribution in [1.29, 1.82) is 0 Å². The SMILES string of the molecule is CCCOc1ccccc1C(=O)NNC(=O)Cc1ccc(Cl)cc1. The zero-order valence-corrected chi connectivity index (χ0v) is 14.1. The fourth-order valence-corrected chi connectivity index (χ4v) is 2.14. The van der Waals surface area contributed by atoms with Crippen LogP contribution >= 0.6 is 11.6 Å². The number of halogens is 1. The number of hydrogen-bond donors (Lipinski definition) is 2. The minimum absolute atomic E-state index is 0.144. The van der Waals surface area contributed by atoms with Crippen LogP contribution in [0.25, 0.3) is 0 Å². The molecule has 24 heavy (non-hydrogen) atoms. The molecule has 0 spiro atoms. The van der Waals surface area contributed by atoms with Crippen LogP contribution in [0.15, 0.2) is 48.5 Å². The van der Waals surface area contributed by atoms with Gasteiger partial charge in [-0.2, -0.15) is 0 Å². The van der Waals surface area contributed by atoms with Crippen LogP contribution in [-0.2, 0) is 11.2 Å². The smallest absolute Gasteiger partial charge is 0.273 e. The predicted octanol–water partition coefficient (Wildman–Crippen LogP) is 3.13. The van der Waals surface area contributed by atoms with Gasteiger partial charge in [-0.05, 0) is 36.2 Å². The minimum Gasteiger partial charge on any atom is -0.493 e. The predicted molar refractivity (Wildman–Crippen MR) is 93.0 cm³/mol. The highest BCUT2D eigenvalue weighted by Crippen LogP contribution is 2.17. The van der Waals surface area contributed by atoms with Crippen molar-refractivity contribution in [2.45, 2.75) is 19.8 Å². The van der Waals surface area contributed by atoms with Crippen LogP contribution in [-0.4, -0.2) is 18.4 Å².